The lowest BCUT2D eigenvalue weighted by Crippen LogP contribution is -2.40. The average molecular weight is 295 g/mol. The predicted octanol–water partition coefficient (Wildman–Crippen LogP) is 4.05. The summed E-state index contributed by atoms with van der Waals surface area (Å²) in [5.74, 6) is -2.03. The maximum atomic E-state index is 13.3. The molecule has 1 fully saturated rings. The highest BCUT2D eigenvalue weighted by molar-refractivity contribution is 5.99. The first kappa shape index (κ1) is 16.1. The fraction of sp³-hybridized carbons (Fsp3) is 0.588. The first-order valence-electron chi connectivity index (χ1n) is 7.53. The van der Waals surface area contributed by atoms with Gasteiger partial charge in [-0.2, -0.15) is 0 Å². The van der Waals surface area contributed by atoms with Crippen molar-refractivity contribution in [3.63, 3.8) is 0 Å². The number of Topliss-reactive ketones (excluding diaryl/α,β-unsaturated/α-hetero) is 1. The minimum atomic E-state index is -0.968. The normalized spacial score (nSPS) is 20.8. The summed E-state index contributed by atoms with van der Waals surface area (Å²) >= 11 is 0. The van der Waals surface area contributed by atoms with Crippen LogP contribution in [0.1, 0.15) is 50.4 Å². The van der Waals surface area contributed by atoms with E-state index >= 15 is 0 Å². The molecular formula is C17H23F2NO. The summed E-state index contributed by atoms with van der Waals surface area (Å²) in [7, 11) is 0. The number of carbonyl (C=O) groups is 1. The largest absolute Gasteiger partial charge is 0.293 e. The fourth-order valence-electron chi connectivity index (χ4n) is 2.89. The van der Waals surface area contributed by atoms with Gasteiger partial charge in [0.15, 0.2) is 17.4 Å². The third-order valence-electron chi connectivity index (χ3n) is 4.51. The van der Waals surface area contributed by atoms with Crippen LogP contribution in [-0.4, -0.2) is 29.8 Å². The molecule has 1 atom stereocenters. The molecule has 2 rings (SSSR count). The van der Waals surface area contributed by atoms with E-state index in [4.69, 9.17) is 0 Å². The molecule has 0 spiro atoms. The van der Waals surface area contributed by atoms with Gasteiger partial charge >= 0.3 is 0 Å². The van der Waals surface area contributed by atoms with Gasteiger partial charge in [0, 0.05) is 5.56 Å². The summed E-state index contributed by atoms with van der Waals surface area (Å²) in [6.45, 7) is 8.09. The number of nitrogens with zero attached hydrogens (tertiary/aromatic N) is 1. The topological polar surface area (TPSA) is 20.3 Å². The van der Waals surface area contributed by atoms with Gasteiger partial charge in [0.1, 0.15) is 0 Å². The molecule has 1 aromatic carbocycles. The van der Waals surface area contributed by atoms with Crippen LogP contribution in [0.3, 0.4) is 0 Å². The van der Waals surface area contributed by atoms with Crippen molar-refractivity contribution in [2.45, 2.75) is 46.1 Å². The van der Waals surface area contributed by atoms with Crippen molar-refractivity contribution in [1.82, 2.24) is 4.90 Å². The maximum Gasteiger partial charge on any atom is 0.179 e. The van der Waals surface area contributed by atoms with Gasteiger partial charge < -0.3 is 0 Å². The Morgan fingerprint density at radius 2 is 1.90 bits per heavy atom. The van der Waals surface area contributed by atoms with Crippen molar-refractivity contribution in [2.24, 2.45) is 5.41 Å². The van der Waals surface area contributed by atoms with Crippen LogP contribution < -0.4 is 0 Å². The second-order valence-corrected chi connectivity index (χ2v) is 6.72. The molecule has 0 amide bonds. The zero-order valence-corrected chi connectivity index (χ0v) is 13.0. The summed E-state index contributed by atoms with van der Waals surface area (Å²) in [6, 6.07) is 3.07. The molecule has 1 aromatic rings. The summed E-state index contributed by atoms with van der Waals surface area (Å²) in [5, 5.41) is 0. The van der Waals surface area contributed by atoms with Gasteiger partial charge in [-0.1, -0.05) is 13.8 Å². The summed E-state index contributed by atoms with van der Waals surface area (Å²) < 4.78 is 26.2. The van der Waals surface area contributed by atoms with E-state index in [2.05, 4.69) is 18.7 Å². The highest BCUT2D eigenvalue weighted by Crippen LogP contribution is 2.30. The molecule has 1 saturated heterocycles. The zero-order valence-electron chi connectivity index (χ0n) is 13.0. The first-order chi connectivity index (χ1) is 9.80. The lowest BCUT2D eigenvalue weighted by Gasteiger charge is -2.27. The van der Waals surface area contributed by atoms with Crippen molar-refractivity contribution < 1.29 is 13.6 Å². The maximum absolute atomic E-state index is 13.3. The Morgan fingerprint density at radius 1 is 1.19 bits per heavy atom. The first-order valence-corrected chi connectivity index (χ1v) is 7.53. The van der Waals surface area contributed by atoms with Crippen molar-refractivity contribution >= 4 is 5.78 Å². The molecule has 0 aromatic heterocycles. The standard InChI is InChI=1S/C17H23F2NO/c1-12(20-9-4-7-17(2,3)8-10-20)16(21)13-5-6-14(18)15(19)11-13/h5-6,11-12H,4,7-10H2,1-3H3. The number of ketones is 1. The number of hydrogen-bond donors (Lipinski definition) is 0. The van der Waals surface area contributed by atoms with Crippen LogP contribution in [0.4, 0.5) is 8.78 Å². The Morgan fingerprint density at radius 3 is 2.57 bits per heavy atom. The molecule has 0 aliphatic carbocycles. The van der Waals surface area contributed by atoms with Gasteiger partial charge in [-0.25, -0.2) is 8.78 Å². The molecule has 0 saturated carbocycles. The van der Waals surface area contributed by atoms with Gasteiger partial charge in [-0.3, -0.25) is 9.69 Å². The number of likely N-dealkylation sites (tertiary alicyclic amines) is 1. The van der Waals surface area contributed by atoms with E-state index < -0.39 is 11.6 Å². The SMILES string of the molecule is CC(C(=O)c1ccc(F)c(F)c1)N1CCCC(C)(C)CC1. The predicted molar refractivity (Wildman–Crippen MR) is 79.4 cm³/mol. The molecule has 1 heterocycles. The summed E-state index contributed by atoms with van der Waals surface area (Å²) in [4.78, 5) is 14.6. The van der Waals surface area contributed by atoms with Crippen molar-refractivity contribution in [3.8, 4) is 0 Å². The molecule has 116 valence electrons. The number of halogens is 2. The van der Waals surface area contributed by atoms with Crippen molar-refractivity contribution in [3.05, 3.63) is 35.4 Å². The Hall–Kier alpha value is -1.29. The molecular weight excluding hydrogens is 272 g/mol. The van der Waals surface area contributed by atoms with Gasteiger partial charge in [0.25, 0.3) is 0 Å². The van der Waals surface area contributed by atoms with Crippen LogP contribution >= 0.6 is 0 Å². The van der Waals surface area contributed by atoms with Gasteiger partial charge in [-0.05, 0) is 62.9 Å². The highest BCUT2D eigenvalue weighted by atomic mass is 19.2. The van der Waals surface area contributed by atoms with Crippen LogP contribution in [0, 0.1) is 17.0 Å². The van der Waals surface area contributed by atoms with E-state index in [1.54, 1.807) is 0 Å². The van der Waals surface area contributed by atoms with Crippen LogP contribution in [0.25, 0.3) is 0 Å². The number of rotatable bonds is 3. The quantitative estimate of drug-likeness (QED) is 0.784. The van der Waals surface area contributed by atoms with E-state index in [-0.39, 0.29) is 17.4 Å². The third kappa shape index (κ3) is 3.88. The van der Waals surface area contributed by atoms with Gasteiger partial charge in [-0.15, -0.1) is 0 Å². The monoisotopic (exact) mass is 295 g/mol. The smallest absolute Gasteiger partial charge is 0.179 e. The minimum Gasteiger partial charge on any atom is -0.293 e. The van der Waals surface area contributed by atoms with Gasteiger partial charge in [0.2, 0.25) is 0 Å². The van der Waals surface area contributed by atoms with E-state index in [9.17, 15) is 13.6 Å². The lowest BCUT2D eigenvalue weighted by atomic mass is 9.85. The fourth-order valence-corrected chi connectivity index (χ4v) is 2.89. The number of hydrogen-bond acceptors (Lipinski definition) is 2. The van der Waals surface area contributed by atoms with E-state index in [1.807, 2.05) is 6.92 Å². The molecule has 0 radical (unpaired) electrons. The Balaban J connectivity index is 2.09. The lowest BCUT2D eigenvalue weighted by molar-refractivity contribution is 0.0838. The van der Waals surface area contributed by atoms with Crippen molar-refractivity contribution in [2.75, 3.05) is 13.1 Å². The Labute approximate surface area is 125 Å². The average Bonchev–Trinajstić information content (AvgIpc) is 2.61. The van der Waals surface area contributed by atoms with E-state index in [1.165, 1.54) is 6.07 Å². The Kier molecular flexibility index (Phi) is 4.77. The molecule has 4 heteroatoms. The molecule has 0 N–H and O–H groups in total. The van der Waals surface area contributed by atoms with Crippen LogP contribution in [0.15, 0.2) is 18.2 Å². The van der Waals surface area contributed by atoms with E-state index in [0.717, 1.165) is 44.5 Å². The molecule has 0 bridgehead atoms. The summed E-state index contributed by atoms with van der Waals surface area (Å²) in [6.07, 6.45) is 3.25. The molecule has 1 aliphatic rings. The Bertz CT molecular complexity index is 528. The van der Waals surface area contributed by atoms with Crippen LogP contribution in [-0.2, 0) is 0 Å². The number of benzene rings is 1. The molecule has 21 heavy (non-hydrogen) atoms. The zero-order chi connectivity index (χ0) is 15.6. The second-order valence-electron chi connectivity index (χ2n) is 6.72. The van der Waals surface area contributed by atoms with E-state index in [0.29, 0.717) is 5.41 Å². The molecule has 1 unspecified atom stereocenters. The van der Waals surface area contributed by atoms with Crippen LogP contribution in [0.5, 0.6) is 0 Å². The van der Waals surface area contributed by atoms with Crippen LogP contribution in [0.2, 0.25) is 0 Å². The molecule has 1 aliphatic heterocycles. The second kappa shape index (κ2) is 6.22. The molecule has 2 nitrogen and oxygen atoms in total. The third-order valence-corrected chi connectivity index (χ3v) is 4.51. The summed E-state index contributed by atoms with van der Waals surface area (Å²) in [5.41, 5.74) is 0.546. The minimum absolute atomic E-state index is 0.145. The highest BCUT2D eigenvalue weighted by Gasteiger charge is 2.28. The van der Waals surface area contributed by atoms with Gasteiger partial charge in [0.05, 0.1) is 6.04 Å². The van der Waals surface area contributed by atoms with Crippen molar-refractivity contribution in [1.29, 1.82) is 0 Å². The number of carbonyl (C=O) groups excluding carboxylic acids is 1.